The van der Waals surface area contributed by atoms with E-state index in [4.69, 9.17) is 14.2 Å². The van der Waals surface area contributed by atoms with Gasteiger partial charge < -0.3 is 24.4 Å². The molecule has 1 aliphatic heterocycles. The lowest BCUT2D eigenvalue weighted by Crippen LogP contribution is -2.46. The molecule has 1 aromatic carbocycles. The van der Waals surface area contributed by atoms with Crippen LogP contribution in [0.25, 0.3) is 0 Å². The van der Waals surface area contributed by atoms with Crippen LogP contribution in [0, 0.1) is 0 Å². The fourth-order valence-electron chi connectivity index (χ4n) is 3.18. The molecule has 1 amide bonds. The summed E-state index contributed by atoms with van der Waals surface area (Å²) in [6.45, 7) is 4.75. The Labute approximate surface area is 156 Å². The number of carbonyl (C=O) groups is 1. The van der Waals surface area contributed by atoms with Gasteiger partial charge in [0, 0.05) is 18.2 Å². The van der Waals surface area contributed by atoms with Crippen molar-refractivity contribution in [2.75, 3.05) is 41.0 Å². The minimum absolute atomic E-state index is 0. The number of halogens is 1. The Kier molecular flexibility index (Phi) is 8.86. The molecule has 6 nitrogen and oxygen atoms in total. The third-order valence-electron chi connectivity index (χ3n) is 4.39. The number of hydrogen-bond acceptors (Lipinski definition) is 5. The first-order valence-corrected chi connectivity index (χ1v) is 8.47. The van der Waals surface area contributed by atoms with Crippen molar-refractivity contribution in [1.29, 1.82) is 0 Å². The zero-order chi connectivity index (χ0) is 17.5. The molecule has 0 bridgehead atoms. The minimum atomic E-state index is 0. The number of rotatable bonds is 7. The summed E-state index contributed by atoms with van der Waals surface area (Å²) >= 11 is 0. The SMILES string of the molecule is CCCN(C(=O)c1cc(OC)c(OC)c(OC)c1)C1CCNCC1.Cl. The zero-order valence-electron chi connectivity index (χ0n) is 15.5. The van der Waals surface area contributed by atoms with E-state index >= 15 is 0 Å². The Hall–Kier alpha value is -1.66. The number of ether oxygens (including phenoxy) is 3. The lowest BCUT2D eigenvalue weighted by molar-refractivity contribution is 0.0642. The van der Waals surface area contributed by atoms with Crippen molar-refractivity contribution in [1.82, 2.24) is 10.2 Å². The Bertz CT molecular complexity index is 537. The maximum Gasteiger partial charge on any atom is 0.254 e. The summed E-state index contributed by atoms with van der Waals surface area (Å²) in [7, 11) is 4.67. The molecule has 0 saturated carbocycles. The molecule has 1 aliphatic rings. The van der Waals surface area contributed by atoms with Gasteiger partial charge >= 0.3 is 0 Å². The van der Waals surface area contributed by atoms with Gasteiger partial charge in [-0.3, -0.25) is 4.79 Å². The highest BCUT2D eigenvalue weighted by Gasteiger charge is 2.27. The summed E-state index contributed by atoms with van der Waals surface area (Å²) in [5, 5.41) is 3.35. The molecular weight excluding hydrogens is 344 g/mol. The topological polar surface area (TPSA) is 60.0 Å². The van der Waals surface area contributed by atoms with Crippen molar-refractivity contribution in [3.05, 3.63) is 17.7 Å². The first-order valence-electron chi connectivity index (χ1n) is 8.47. The molecule has 0 radical (unpaired) electrons. The molecule has 0 unspecified atom stereocenters. The van der Waals surface area contributed by atoms with Gasteiger partial charge in [-0.15, -0.1) is 12.4 Å². The number of piperidine rings is 1. The van der Waals surface area contributed by atoms with E-state index in [1.165, 1.54) is 0 Å². The van der Waals surface area contributed by atoms with Crippen molar-refractivity contribution in [2.24, 2.45) is 0 Å². The van der Waals surface area contributed by atoms with Gasteiger partial charge in [0.15, 0.2) is 11.5 Å². The van der Waals surface area contributed by atoms with Gasteiger partial charge in [-0.2, -0.15) is 0 Å². The number of amides is 1. The maximum absolute atomic E-state index is 13.1. The summed E-state index contributed by atoms with van der Waals surface area (Å²) in [4.78, 5) is 15.1. The quantitative estimate of drug-likeness (QED) is 0.797. The van der Waals surface area contributed by atoms with Gasteiger partial charge in [-0.25, -0.2) is 0 Å². The number of nitrogens with zero attached hydrogens (tertiary/aromatic N) is 1. The van der Waals surface area contributed by atoms with Crippen LogP contribution in [-0.4, -0.2) is 57.8 Å². The number of hydrogen-bond donors (Lipinski definition) is 1. The average molecular weight is 373 g/mol. The summed E-state index contributed by atoms with van der Waals surface area (Å²) in [5.41, 5.74) is 0.566. The van der Waals surface area contributed by atoms with E-state index in [0.717, 1.165) is 38.9 Å². The molecule has 1 saturated heterocycles. The van der Waals surface area contributed by atoms with E-state index in [0.29, 0.717) is 22.8 Å². The minimum Gasteiger partial charge on any atom is -0.493 e. The van der Waals surface area contributed by atoms with Crippen LogP contribution in [0.5, 0.6) is 17.2 Å². The van der Waals surface area contributed by atoms with Gasteiger partial charge in [0.2, 0.25) is 5.75 Å². The van der Waals surface area contributed by atoms with Crippen LogP contribution in [0.1, 0.15) is 36.5 Å². The van der Waals surface area contributed by atoms with Gasteiger partial charge in [-0.1, -0.05) is 6.92 Å². The molecule has 1 aromatic rings. The first kappa shape index (κ1) is 21.4. The standard InChI is InChI=1S/C18H28N2O4.ClH/c1-5-10-20(14-6-8-19-9-7-14)18(21)13-11-15(22-2)17(24-4)16(12-13)23-3;/h11-12,14,19H,5-10H2,1-4H3;1H. The lowest BCUT2D eigenvalue weighted by Gasteiger charge is -2.34. The second-order valence-electron chi connectivity index (χ2n) is 5.89. The summed E-state index contributed by atoms with van der Waals surface area (Å²) in [6, 6.07) is 3.73. The molecule has 0 spiro atoms. The van der Waals surface area contributed by atoms with E-state index in [1.54, 1.807) is 33.5 Å². The Balaban J connectivity index is 0.00000312. The van der Waals surface area contributed by atoms with Crippen molar-refractivity contribution in [3.63, 3.8) is 0 Å². The molecule has 2 rings (SSSR count). The highest BCUT2D eigenvalue weighted by Crippen LogP contribution is 2.38. The first-order chi connectivity index (χ1) is 11.7. The van der Waals surface area contributed by atoms with Crippen molar-refractivity contribution >= 4 is 18.3 Å². The van der Waals surface area contributed by atoms with Crippen LogP contribution >= 0.6 is 12.4 Å². The monoisotopic (exact) mass is 372 g/mol. The molecule has 1 heterocycles. The number of carbonyl (C=O) groups excluding carboxylic acids is 1. The fourth-order valence-corrected chi connectivity index (χ4v) is 3.18. The number of nitrogens with one attached hydrogen (secondary N) is 1. The van der Waals surface area contributed by atoms with Gasteiger partial charge in [0.1, 0.15) is 0 Å². The third kappa shape index (κ3) is 4.92. The maximum atomic E-state index is 13.1. The molecule has 1 fully saturated rings. The smallest absolute Gasteiger partial charge is 0.254 e. The molecule has 1 N–H and O–H groups in total. The molecule has 0 atom stereocenters. The van der Waals surface area contributed by atoms with Crippen LogP contribution in [0.15, 0.2) is 12.1 Å². The zero-order valence-corrected chi connectivity index (χ0v) is 16.3. The van der Waals surface area contributed by atoms with Crippen LogP contribution in [0.4, 0.5) is 0 Å². The Morgan fingerprint density at radius 1 is 1.12 bits per heavy atom. The third-order valence-corrected chi connectivity index (χ3v) is 4.39. The second kappa shape index (κ2) is 10.4. The highest BCUT2D eigenvalue weighted by molar-refractivity contribution is 5.96. The summed E-state index contributed by atoms with van der Waals surface area (Å²) in [5.74, 6) is 1.52. The molecule has 25 heavy (non-hydrogen) atoms. The number of benzene rings is 1. The van der Waals surface area contributed by atoms with Crippen LogP contribution in [0.2, 0.25) is 0 Å². The predicted molar refractivity (Wildman–Crippen MR) is 101 cm³/mol. The molecule has 142 valence electrons. The van der Waals surface area contributed by atoms with Gasteiger partial charge in [0.25, 0.3) is 5.91 Å². The second-order valence-corrected chi connectivity index (χ2v) is 5.89. The van der Waals surface area contributed by atoms with Crippen LogP contribution in [0.3, 0.4) is 0 Å². The van der Waals surface area contributed by atoms with Crippen molar-refractivity contribution < 1.29 is 19.0 Å². The van der Waals surface area contributed by atoms with Gasteiger partial charge in [0.05, 0.1) is 21.3 Å². The fraction of sp³-hybridized carbons (Fsp3) is 0.611. The molecule has 7 heteroatoms. The summed E-state index contributed by atoms with van der Waals surface area (Å²) < 4.78 is 16.1. The summed E-state index contributed by atoms with van der Waals surface area (Å²) in [6.07, 6.45) is 2.90. The van der Waals surface area contributed by atoms with Crippen molar-refractivity contribution in [2.45, 2.75) is 32.2 Å². The normalized spacial score (nSPS) is 14.4. The average Bonchev–Trinajstić information content (AvgIpc) is 2.64. The molecule has 0 aliphatic carbocycles. The van der Waals surface area contributed by atoms with E-state index in [9.17, 15) is 4.79 Å². The van der Waals surface area contributed by atoms with E-state index in [-0.39, 0.29) is 24.4 Å². The van der Waals surface area contributed by atoms with Crippen LogP contribution < -0.4 is 19.5 Å². The highest BCUT2D eigenvalue weighted by atomic mass is 35.5. The van der Waals surface area contributed by atoms with Crippen LogP contribution in [-0.2, 0) is 0 Å². The lowest BCUT2D eigenvalue weighted by atomic mass is 10.0. The van der Waals surface area contributed by atoms with Crippen molar-refractivity contribution in [3.8, 4) is 17.2 Å². The Morgan fingerprint density at radius 2 is 1.68 bits per heavy atom. The molecule has 0 aromatic heterocycles. The van der Waals surface area contributed by atoms with E-state index in [1.807, 2.05) is 4.90 Å². The van der Waals surface area contributed by atoms with E-state index < -0.39 is 0 Å². The Morgan fingerprint density at radius 3 is 2.12 bits per heavy atom. The van der Waals surface area contributed by atoms with Gasteiger partial charge in [-0.05, 0) is 44.5 Å². The largest absolute Gasteiger partial charge is 0.493 e. The number of methoxy groups -OCH3 is 3. The molecular formula is C18H29ClN2O4. The van der Waals surface area contributed by atoms with E-state index in [2.05, 4.69) is 12.2 Å². The predicted octanol–water partition coefficient (Wildman–Crippen LogP) is 2.74.